The van der Waals surface area contributed by atoms with E-state index in [-0.39, 0.29) is 28.7 Å². The van der Waals surface area contributed by atoms with Gasteiger partial charge in [0.15, 0.2) is 5.76 Å². The Hall–Kier alpha value is -2.65. The number of carbonyl (C=O) groups is 2. The number of hydrogen-bond donors (Lipinski definition) is 1. The van der Waals surface area contributed by atoms with Gasteiger partial charge < -0.3 is 14.6 Å². The summed E-state index contributed by atoms with van der Waals surface area (Å²) in [5.41, 5.74) is 0.824. The van der Waals surface area contributed by atoms with Crippen molar-refractivity contribution in [3.05, 3.63) is 54.0 Å². The molecule has 0 radical (unpaired) electrons. The van der Waals surface area contributed by atoms with Crippen LogP contribution in [0.2, 0.25) is 0 Å². The Morgan fingerprint density at radius 2 is 1.81 bits per heavy atom. The molecule has 0 bridgehead atoms. The maximum absolute atomic E-state index is 12.5. The minimum atomic E-state index is -3.52. The molecule has 1 saturated heterocycles. The van der Waals surface area contributed by atoms with Crippen LogP contribution >= 0.6 is 0 Å². The first-order chi connectivity index (χ1) is 14.7. The van der Waals surface area contributed by atoms with E-state index in [2.05, 4.69) is 5.32 Å². The SMILES string of the molecule is CC(C)N(C)S(=O)(=O)c1ccc(CNC(=O)C2CCN(C(=O)c3ccco3)CC2)cc1. The Morgan fingerprint density at radius 3 is 2.35 bits per heavy atom. The second-order valence-corrected chi connectivity index (χ2v) is 10.0. The highest BCUT2D eigenvalue weighted by molar-refractivity contribution is 7.89. The summed E-state index contributed by atoms with van der Waals surface area (Å²) in [5, 5.41) is 2.92. The smallest absolute Gasteiger partial charge is 0.289 e. The maximum Gasteiger partial charge on any atom is 0.289 e. The number of nitrogens with zero attached hydrogens (tertiary/aromatic N) is 2. The molecule has 0 unspecified atom stereocenters. The van der Waals surface area contributed by atoms with Crippen LogP contribution < -0.4 is 5.32 Å². The van der Waals surface area contributed by atoms with Crippen LogP contribution in [-0.4, -0.2) is 55.6 Å². The lowest BCUT2D eigenvalue weighted by atomic mass is 9.95. The molecular weight excluding hydrogens is 418 g/mol. The largest absolute Gasteiger partial charge is 0.459 e. The topological polar surface area (TPSA) is 99.9 Å². The molecule has 0 atom stereocenters. The van der Waals surface area contributed by atoms with E-state index in [9.17, 15) is 18.0 Å². The van der Waals surface area contributed by atoms with E-state index in [1.807, 2.05) is 13.8 Å². The summed E-state index contributed by atoms with van der Waals surface area (Å²) in [6, 6.07) is 9.74. The molecule has 31 heavy (non-hydrogen) atoms. The van der Waals surface area contributed by atoms with Crippen molar-refractivity contribution < 1.29 is 22.4 Å². The van der Waals surface area contributed by atoms with Gasteiger partial charge in [0.1, 0.15) is 0 Å². The fraction of sp³-hybridized carbons (Fsp3) is 0.455. The van der Waals surface area contributed by atoms with Gasteiger partial charge in [-0.3, -0.25) is 9.59 Å². The summed E-state index contributed by atoms with van der Waals surface area (Å²) < 4.78 is 31.5. The van der Waals surface area contributed by atoms with Gasteiger partial charge in [-0.1, -0.05) is 12.1 Å². The number of hydrogen-bond acceptors (Lipinski definition) is 5. The monoisotopic (exact) mass is 447 g/mol. The third-order valence-electron chi connectivity index (χ3n) is 5.68. The van der Waals surface area contributed by atoms with E-state index in [0.29, 0.717) is 38.2 Å². The van der Waals surface area contributed by atoms with E-state index in [4.69, 9.17) is 4.42 Å². The summed E-state index contributed by atoms with van der Waals surface area (Å²) in [5.74, 6) is -0.0451. The van der Waals surface area contributed by atoms with Gasteiger partial charge >= 0.3 is 0 Å². The van der Waals surface area contributed by atoms with Crippen LogP contribution in [0.25, 0.3) is 0 Å². The summed E-state index contributed by atoms with van der Waals surface area (Å²) in [7, 11) is -1.97. The standard InChI is InChI=1S/C22H29N3O5S/c1-16(2)24(3)31(28,29)19-8-6-17(7-9-19)15-23-21(26)18-10-12-25(13-11-18)22(27)20-5-4-14-30-20/h4-9,14,16,18H,10-13,15H2,1-3H3,(H,23,26). The molecule has 2 heterocycles. The highest BCUT2D eigenvalue weighted by Gasteiger charge is 2.28. The minimum Gasteiger partial charge on any atom is -0.459 e. The quantitative estimate of drug-likeness (QED) is 0.703. The maximum atomic E-state index is 12.5. The predicted molar refractivity (Wildman–Crippen MR) is 116 cm³/mol. The fourth-order valence-corrected chi connectivity index (χ4v) is 4.83. The van der Waals surface area contributed by atoms with Crippen molar-refractivity contribution >= 4 is 21.8 Å². The first kappa shape index (κ1) is 23.0. The second-order valence-electron chi connectivity index (χ2n) is 8.02. The summed E-state index contributed by atoms with van der Waals surface area (Å²) in [4.78, 5) is 26.8. The van der Waals surface area contributed by atoms with Gasteiger partial charge in [-0.05, 0) is 56.5 Å². The number of amides is 2. The predicted octanol–water partition coefficient (Wildman–Crippen LogP) is 2.48. The molecule has 168 valence electrons. The Bertz CT molecular complexity index is 992. The van der Waals surface area contributed by atoms with Crippen LogP contribution in [0.3, 0.4) is 0 Å². The Labute approximate surface area is 183 Å². The Morgan fingerprint density at radius 1 is 1.16 bits per heavy atom. The molecule has 0 spiro atoms. The van der Waals surface area contributed by atoms with Crippen LogP contribution in [-0.2, 0) is 21.4 Å². The van der Waals surface area contributed by atoms with Gasteiger partial charge in [0, 0.05) is 38.6 Å². The zero-order valence-corrected chi connectivity index (χ0v) is 18.9. The van der Waals surface area contributed by atoms with Crippen LogP contribution in [0, 0.1) is 5.92 Å². The molecule has 9 heteroatoms. The zero-order chi connectivity index (χ0) is 22.6. The molecule has 8 nitrogen and oxygen atoms in total. The summed E-state index contributed by atoms with van der Waals surface area (Å²) >= 11 is 0. The van der Waals surface area contributed by atoms with E-state index >= 15 is 0 Å². The number of piperidine rings is 1. The first-order valence-corrected chi connectivity index (χ1v) is 11.8. The number of carbonyl (C=O) groups excluding carboxylic acids is 2. The third-order valence-corrected chi connectivity index (χ3v) is 7.73. The lowest BCUT2D eigenvalue weighted by molar-refractivity contribution is -0.126. The molecule has 3 rings (SSSR count). The number of benzene rings is 1. The molecule has 1 N–H and O–H groups in total. The van der Waals surface area contributed by atoms with Gasteiger partial charge in [0.2, 0.25) is 15.9 Å². The molecule has 1 aliphatic rings. The second kappa shape index (κ2) is 9.65. The molecule has 1 aromatic carbocycles. The summed E-state index contributed by atoms with van der Waals surface area (Å²) in [6.07, 6.45) is 2.66. The fourth-order valence-electron chi connectivity index (χ4n) is 3.46. The number of furan rings is 1. The van der Waals surface area contributed by atoms with E-state index < -0.39 is 10.0 Å². The van der Waals surface area contributed by atoms with Gasteiger partial charge in [0.05, 0.1) is 11.2 Å². The molecule has 1 fully saturated rings. The average Bonchev–Trinajstić information content (AvgIpc) is 3.31. The van der Waals surface area contributed by atoms with Gasteiger partial charge in [-0.25, -0.2) is 8.42 Å². The highest BCUT2D eigenvalue weighted by Crippen LogP contribution is 2.20. The van der Waals surface area contributed by atoms with Crippen molar-refractivity contribution in [1.82, 2.24) is 14.5 Å². The molecule has 1 aromatic heterocycles. The summed E-state index contributed by atoms with van der Waals surface area (Å²) in [6.45, 7) is 4.98. The number of likely N-dealkylation sites (tertiary alicyclic amines) is 1. The third kappa shape index (κ3) is 5.34. The Balaban J connectivity index is 1.49. The average molecular weight is 448 g/mol. The Kier molecular flexibility index (Phi) is 7.17. The molecule has 1 aliphatic heterocycles. The van der Waals surface area contributed by atoms with Crippen molar-refractivity contribution in [2.45, 2.75) is 44.2 Å². The van der Waals surface area contributed by atoms with Gasteiger partial charge in [0.25, 0.3) is 5.91 Å². The molecule has 0 saturated carbocycles. The van der Waals surface area contributed by atoms with Crippen molar-refractivity contribution in [3.63, 3.8) is 0 Å². The minimum absolute atomic E-state index is 0.0543. The van der Waals surface area contributed by atoms with Gasteiger partial charge in [-0.15, -0.1) is 0 Å². The van der Waals surface area contributed by atoms with Crippen LogP contribution in [0.1, 0.15) is 42.8 Å². The van der Waals surface area contributed by atoms with Crippen molar-refractivity contribution in [2.75, 3.05) is 20.1 Å². The lowest BCUT2D eigenvalue weighted by Crippen LogP contribution is -2.42. The van der Waals surface area contributed by atoms with Crippen LogP contribution in [0.5, 0.6) is 0 Å². The number of nitrogens with one attached hydrogen (secondary N) is 1. The molecule has 0 aliphatic carbocycles. The van der Waals surface area contributed by atoms with E-state index in [0.717, 1.165) is 5.56 Å². The first-order valence-electron chi connectivity index (χ1n) is 10.4. The molecule has 2 amide bonds. The van der Waals surface area contributed by atoms with Crippen molar-refractivity contribution in [2.24, 2.45) is 5.92 Å². The number of sulfonamides is 1. The number of rotatable bonds is 7. The highest BCUT2D eigenvalue weighted by atomic mass is 32.2. The lowest BCUT2D eigenvalue weighted by Gasteiger charge is -2.30. The zero-order valence-electron chi connectivity index (χ0n) is 18.1. The van der Waals surface area contributed by atoms with Gasteiger partial charge in [-0.2, -0.15) is 4.31 Å². The molecular formula is C22H29N3O5S. The van der Waals surface area contributed by atoms with Crippen LogP contribution in [0.15, 0.2) is 52.0 Å². The molecule has 2 aromatic rings. The van der Waals surface area contributed by atoms with Crippen molar-refractivity contribution in [1.29, 1.82) is 0 Å². The van der Waals surface area contributed by atoms with Crippen LogP contribution in [0.4, 0.5) is 0 Å². The van der Waals surface area contributed by atoms with E-state index in [1.165, 1.54) is 10.6 Å². The normalized spacial score (nSPS) is 15.5. The van der Waals surface area contributed by atoms with Crippen molar-refractivity contribution in [3.8, 4) is 0 Å². The van der Waals surface area contributed by atoms with E-state index in [1.54, 1.807) is 48.3 Å².